The number of nitrogens with zero attached hydrogens (tertiary/aromatic N) is 1. The van der Waals surface area contributed by atoms with Crippen molar-refractivity contribution in [1.29, 1.82) is 0 Å². The number of pyridine rings is 1. The monoisotopic (exact) mass is 216 g/mol. The zero-order valence-electron chi connectivity index (χ0n) is 8.25. The number of methoxy groups -OCH3 is 1. The summed E-state index contributed by atoms with van der Waals surface area (Å²) in [5, 5.41) is 0. The van der Waals surface area contributed by atoms with Gasteiger partial charge in [-0.15, -0.1) is 0 Å². The Morgan fingerprint density at radius 2 is 2.20 bits per heavy atom. The molecule has 1 heterocycles. The number of hydrogen-bond acceptors (Lipinski definition) is 4. The fourth-order valence-corrected chi connectivity index (χ4v) is 1.08. The molecule has 0 bridgehead atoms. The van der Waals surface area contributed by atoms with Crippen molar-refractivity contribution < 1.29 is 18.3 Å². The van der Waals surface area contributed by atoms with Crippen molar-refractivity contribution in [2.75, 3.05) is 12.8 Å². The van der Waals surface area contributed by atoms with Gasteiger partial charge in [-0.05, 0) is 18.6 Å². The number of carbonyl (C=O) groups is 1. The molecule has 6 heteroatoms. The maximum absolute atomic E-state index is 12.5. The van der Waals surface area contributed by atoms with Crippen molar-refractivity contribution in [3.05, 3.63) is 23.0 Å². The van der Waals surface area contributed by atoms with E-state index in [0.29, 0.717) is 5.56 Å². The molecule has 4 nitrogen and oxygen atoms in total. The minimum Gasteiger partial charge on any atom is -0.464 e. The zero-order chi connectivity index (χ0) is 11.6. The van der Waals surface area contributed by atoms with E-state index in [1.165, 1.54) is 13.0 Å². The van der Waals surface area contributed by atoms with Crippen molar-refractivity contribution in [2.24, 2.45) is 0 Å². The Hall–Kier alpha value is -1.72. The molecule has 2 N–H and O–H groups in total. The number of aromatic nitrogens is 1. The summed E-state index contributed by atoms with van der Waals surface area (Å²) >= 11 is 0. The lowest BCUT2D eigenvalue weighted by Crippen LogP contribution is -2.10. The molecule has 0 aliphatic rings. The number of alkyl halides is 2. The number of nitrogens with two attached hydrogens (primary N) is 1. The first-order chi connectivity index (χ1) is 6.97. The van der Waals surface area contributed by atoms with Crippen molar-refractivity contribution in [3.8, 4) is 0 Å². The number of anilines is 1. The van der Waals surface area contributed by atoms with Crippen LogP contribution in [0.4, 0.5) is 14.5 Å². The van der Waals surface area contributed by atoms with Gasteiger partial charge < -0.3 is 10.5 Å². The number of rotatable bonds is 2. The molecule has 15 heavy (non-hydrogen) atoms. The van der Waals surface area contributed by atoms with Gasteiger partial charge in [0.2, 0.25) is 0 Å². The van der Waals surface area contributed by atoms with Crippen LogP contribution in [0.3, 0.4) is 0 Å². The fraction of sp³-hybridized carbons (Fsp3) is 0.333. The van der Waals surface area contributed by atoms with E-state index in [0.717, 1.165) is 7.11 Å². The molecule has 0 aromatic carbocycles. The van der Waals surface area contributed by atoms with Gasteiger partial charge in [-0.3, -0.25) is 0 Å². The van der Waals surface area contributed by atoms with Gasteiger partial charge in [0.05, 0.1) is 12.8 Å². The van der Waals surface area contributed by atoms with Gasteiger partial charge in [0.1, 0.15) is 11.4 Å². The summed E-state index contributed by atoms with van der Waals surface area (Å²) in [6.45, 7) is 1.52. The molecule has 1 aromatic heterocycles. The van der Waals surface area contributed by atoms with Gasteiger partial charge >= 0.3 is 5.97 Å². The molecular weight excluding hydrogens is 206 g/mol. The second-order valence-corrected chi connectivity index (χ2v) is 2.92. The number of aryl methyl sites for hydroxylation is 1. The van der Waals surface area contributed by atoms with Gasteiger partial charge in [-0.2, -0.15) is 0 Å². The van der Waals surface area contributed by atoms with Crippen LogP contribution in [0.2, 0.25) is 0 Å². The average molecular weight is 216 g/mol. The molecule has 82 valence electrons. The Bertz CT molecular complexity index is 394. The van der Waals surface area contributed by atoms with Crippen LogP contribution >= 0.6 is 0 Å². The summed E-state index contributed by atoms with van der Waals surface area (Å²) in [5.74, 6) is -0.764. The number of hydrogen-bond donors (Lipinski definition) is 1. The molecule has 0 atom stereocenters. The van der Waals surface area contributed by atoms with Gasteiger partial charge in [0.15, 0.2) is 0 Å². The summed E-state index contributed by atoms with van der Waals surface area (Å²) < 4.78 is 29.3. The Kier molecular flexibility index (Phi) is 3.18. The predicted molar refractivity (Wildman–Crippen MR) is 49.7 cm³/mol. The minimum atomic E-state index is -2.81. The molecule has 0 radical (unpaired) electrons. The number of carbonyl (C=O) groups excluding carboxylic acids is 1. The van der Waals surface area contributed by atoms with Crippen LogP contribution in [0, 0.1) is 6.92 Å². The third kappa shape index (κ3) is 2.20. The second kappa shape index (κ2) is 4.20. The zero-order valence-corrected chi connectivity index (χ0v) is 8.25. The molecule has 0 amide bonds. The first-order valence-corrected chi connectivity index (χ1v) is 4.10. The number of nitrogen functional groups attached to an aromatic ring is 1. The molecule has 0 saturated carbocycles. The molecular formula is C9H10F2N2O2. The standard InChI is InChI=1S/C9H10F2N2O2/c1-4-3-5(9(14)15-2)13-7(6(4)12)8(10)11/h3,8H,12H2,1-2H3. The summed E-state index contributed by atoms with van der Waals surface area (Å²) in [6.07, 6.45) is -2.81. The number of esters is 1. The predicted octanol–water partition coefficient (Wildman–Crippen LogP) is 1.70. The van der Waals surface area contributed by atoms with Crippen molar-refractivity contribution in [2.45, 2.75) is 13.3 Å². The van der Waals surface area contributed by atoms with Crippen LogP contribution < -0.4 is 5.73 Å². The van der Waals surface area contributed by atoms with Crippen LogP contribution in [-0.4, -0.2) is 18.1 Å². The third-order valence-corrected chi connectivity index (χ3v) is 1.90. The van der Waals surface area contributed by atoms with E-state index in [2.05, 4.69) is 9.72 Å². The van der Waals surface area contributed by atoms with Crippen LogP contribution in [0.25, 0.3) is 0 Å². The number of halogens is 2. The van der Waals surface area contributed by atoms with Gasteiger partial charge in [0, 0.05) is 0 Å². The van der Waals surface area contributed by atoms with E-state index in [-0.39, 0.29) is 11.4 Å². The highest BCUT2D eigenvalue weighted by Gasteiger charge is 2.19. The molecule has 0 aliphatic carbocycles. The summed E-state index contributed by atoms with van der Waals surface area (Å²) in [6, 6.07) is 1.31. The summed E-state index contributed by atoms with van der Waals surface area (Å²) in [4.78, 5) is 14.5. The van der Waals surface area contributed by atoms with Crippen molar-refractivity contribution in [1.82, 2.24) is 4.98 Å². The smallest absolute Gasteiger partial charge is 0.356 e. The second-order valence-electron chi connectivity index (χ2n) is 2.92. The largest absolute Gasteiger partial charge is 0.464 e. The summed E-state index contributed by atoms with van der Waals surface area (Å²) in [5.41, 5.74) is 4.92. The van der Waals surface area contributed by atoms with Crippen LogP contribution in [0.1, 0.15) is 28.2 Å². The molecule has 0 saturated heterocycles. The maximum atomic E-state index is 12.5. The van der Waals surface area contributed by atoms with E-state index in [4.69, 9.17) is 5.73 Å². The maximum Gasteiger partial charge on any atom is 0.356 e. The normalized spacial score (nSPS) is 10.5. The van der Waals surface area contributed by atoms with Crippen molar-refractivity contribution in [3.63, 3.8) is 0 Å². The Balaban J connectivity index is 3.29. The highest BCUT2D eigenvalue weighted by molar-refractivity contribution is 5.88. The molecule has 1 rings (SSSR count). The SMILES string of the molecule is COC(=O)c1cc(C)c(N)c(C(F)F)n1. The van der Waals surface area contributed by atoms with Gasteiger partial charge in [-0.25, -0.2) is 18.6 Å². The van der Waals surface area contributed by atoms with E-state index in [1.54, 1.807) is 0 Å². The molecule has 0 spiro atoms. The lowest BCUT2D eigenvalue weighted by molar-refractivity contribution is 0.0592. The van der Waals surface area contributed by atoms with Gasteiger partial charge in [-0.1, -0.05) is 0 Å². The van der Waals surface area contributed by atoms with E-state index in [9.17, 15) is 13.6 Å². The van der Waals surface area contributed by atoms with E-state index in [1.807, 2.05) is 0 Å². The summed E-state index contributed by atoms with van der Waals surface area (Å²) in [7, 11) is 1.15. The first-order valence-electron chi connectivity index (χ1n) is 4.10. The van der Waals surface area contributed by atoms with E-state index < -0.39 is 18.1 Å². The average Bonchev–Trinajstić information content (AvgIpc) is 2.20. The number of ether oxygens (including phenoxy) is 1. The van der Waals surface area contributed by atoms with Crippen LogP contribution in [-0.2, 0) is 4.74 Å². The molecule has 0 aliphatic heterocycles. The van der Waals surface area contributed by atoms with Crippen LogP contribution in [0.15, 0.2) is 6.07 Å². The topological polar surface area (TPSA) is 65.2 Å². The minimum absolute atomic E-state index is 0.0994. The molecule has 0 unspecified atom stereocenters. The first kappa shape index (κ1) is 11.4. The van der Waals surface area contributed by atoms with Crippen LogP contribution in [0.5, 0.6) is 0 Å². The lowest BCUT2D eigenvalue weighted by atomic mass is 10.1. The Morgan fingerprint density at radius 1 is 1.60 bits per heavy atom. The molecule has 1 aromatic rings. The fourth-order valence-electron chi connectivity index (χ4n) is 1.08. The lowest BCUT2D eigenvalue weighted by Gasteiger charge is -2.08. The van der Waals surface area contributed by atoms with E-state index >= 15 is 0 Å². The third-order valence-electron chi connectivity index (χ3n) is 1.90. The van der Waals surface area contributed by atoms with Crippen molar-refractivity contribution >= 4 is 11.7 Å². The quantitative estimate of drug-likeness (QED) is 0.764. The Morgan fingerprint density at radius 3 is 2.67 bits per heavy atom. The highest BCUT2D eigenvalue weighted by atomic mass is 19.3. The Labute approximate surface area is 85.1 Å². The van der Waals surface area contributed by atoms with Gasteiger partial charge in [0.25, 0.3) is 6.43 Å². The molecule has 0 fully saturated rings. The highest BCUT2D eigenvalue weighted by Crippen LogP contribution is 2.26.